The Balaban J connectivity index is 1.46. The maximum atomic E-state index is 13.6. The van der Waals surface area contributed by atoms with Crippen molar-refractivity contribution in [2.75, 3.05) is 16.8 Å². The number of carbonyl (C=O) groups excluding carboxylic acids is 1. The van der Waals surface area contributed by atoms with Crippen LogP contribution in [0.1, 0.15) is 77.5 Å². The second-order valence-corrected chi connectivity index (χ2v) is 14.5. The fourth-order valence-electron chi connectivity index (χ4n) is 6.77. The van der Waals surface area contributed by atoms with Crippen LogP contribution in [0.3, 0.4) is 0 Å². The predicted molar refractivity (Wildman–Crippen MR) is 118 cm³/mol. The highest BCUT2D eigenvalue weighted by molar-refractivity contribution is 7.91. The standard InChI is InChI=1S/C22H32ClN3O3S/c1-20(2,3)17-7-18(26(25-17)16-4-5-30(28,29)12-16)24-19(27)21-8-14-6-15(9-21)11-22(23,10-14)13-21/h7,14-16H,4-6,8-13H2,1-3H3,(H,24,27)/t14-,15-,16+,21?,22?/m1/s1. The highest BCUT2D eigenvalue weighted by Gasteiger charge is 2.60. The molecule has 0 unspecified atom stereocenters. The summed E-state index contributed by atoms with van der Waals surface area (Å²) in [5.41, 5.74) is 0.273. The fourth-order valence-corrected chi connectivity index (χ4v) is 9.15. The third-order valence-corrected chi connectivity index (χ3v) is 9.96. The van der Waals surface area contributed by atoms with Crippen LogP contribution in [0.5, 0.6) is 0 Å². The van der Waals surface area contributed by atoms with Gasteiger partial charge in [0, 0.05) is 16.4 Å². The Labute approximate surface area is 184 Å². The molecule has 1 aromatic heterocycles. The Hall–Kier alpha value is -1.08. The molecule has 4 aliphatic carbocycles. The smallest absolute Gasteiger partial charge is 0.231 e. The predicted octanol–water partition coefficient (Wildman–Crippen LogP) is 4.06. The van der Waals surface area contributed by atoms with E-state index in [1.54, 1.807) is 4.68 Å². The van der Waals surface area contributed by atoms with Gasteiger partial charge in [-0.05, 0) is 56.8 Å². The zero-order valence-electron chi connectivity index (χ0n) is 18.1. The molecule has 166 valence electrons. The Morgan fingerprint density at radius 3 is 2.43 bits per heavy atom. The van der Waals surface area contributed by atoms with E-state index in [0.29, 0.717) is 24.1 Å². The largest absolute Gasteiger partial charge is 0.310 e. The van der Waals surface area contributed by atoms with E-state index in [4.69, 9.17) is 16.7 Å². The van der Waals surface area contributed by atoms with Crippen LogP contribution in [-0.2, 0) is 20.0 Å². The van der Waals surface area contributed by atoms with E-state index in [9.17, 15) is 13.2 Å². The number of nitrogens with one attached hydrogen (secondary N) is 1. The van der Waals surface area contributed by atoms with Crippen molar-refractivity contribution in [3.8, 4) is 0 Å². The molecule has 6 rings (SSSR count). The van der Waals surface area contributed by atoms with E-state index < -0.39 is 15.3 Å². The van der Waals surface area contributed by atoms with Crippen LogP contribution >= 0.6 is 11.6 Å². The number of hydrogen-bond donors (Lipinski definition) is 1. The molecule has 2 heterocycles. The van der Waals surface area contributed by atoms with Gasteiger partial charge in [0.15, 0.2) is 9.84 Å². The number of rotatable bonds is 3. The first-order chi connectivity index (χ1) is 13.9. The van der Waals surface area contributed by atoms with Crippen molar-refractivity contribution in [2.24, 2.45) is 17.3 Å². The van der Waals surface area contributed by atoms with Gasteiger partial charge in [0.2, 0.25) is 5.91 Å². The molecule has 0 spiro atoms. The van der Waals surface area contributed by atoms with Crippen LogP contribution in [0.4, 0.5) is 5.82 Å². The van der Waals surface area contributed by atoms with E-state index in [1.807, 2.05) is 6.07 Å². The summed E-state index contributed by atoms with van der Waals surface area (Å²) in [5.74, 6) is 2.03. The Morgan fingerprint density at radius 1 is 1.23 bits per heavy atom. The number of alkyl halides is 1. The zero-order valence-corrected chi connectivity index (χ0v) is 19.7. The summed E-state index contributed by atoms with van der Waals surface area (Å²) in [4.78, 5) is 13.4. The number of nitrogens with zero attached hydrogens (tertiary/aromatic N) is 2. The maximum absolute atomic E-state index is 13.6. The van der Waals surface area contributed by atoms with E-state index in [-0.39, 0.29) is 33.7 Å². The van der Waals surface area contributed by atoms with Crippen molar-refractivity contribution < 1.29 is 13.2 Å². The number of aromatic nitrogens is 2. The van der Waals surface area contributed by atoms with Gasteiger partial charge >= 0.3 is 0 Å². The molecule has 6 nitrogen and oxygen atoms in total. The summed E-state index contributed by atoms with van der Waals surface area (Å²) in [6.07, 6.45) is 6.40. The second-order valence-electron chi connectivity index (χ2n) is 11.5. The molecule has 8 heteroatoms. The van der Waals surface area contributed by atoms with Gasteiger partial charge in [-0.25, -0.2) is 13.1 Å². The summed E-state index contributed by atoms with van der Waals surface area (Å²) >= 11 is 6.93. The van der Waals surface area contributed by atoms with Crippen LogP contribution < -0.4 is 5.32 Å². The molecule has 4 bridgehead atoms. The lowest BCUT2D eigenvalue weighted by Gasteiger charge is -2.59. The lowest BCUT2D eigenvalue weighted by atomic mass is 9.49. The van der Waals surface area contributed by atoms with Gasteiger partial charge in [-0.2, -0.15) is 5.10 Å². The molecule has 1 N–H and O–H groups in total. The summed E-state index contributed by atoms with van der Waals surface area (Å²) < 4.78 is 25.9. The monoisotopic (exact) mass is 453 g/mol. The van der Waals surface area contributed by atoms with Crippen LogP contribution in [-0.4, -0.2) is 40.5 Å². The van der Waals surface area contributed by atoms with E-state index in [0.717, 1.165) is 37.8 Å². The van der Waals surface area contributed by atoms with Crippen molar-refractivity contribution in [3.63, 3.8) is 0 Å². The second kappa shape index (κ2) is 6.47. The molecule has 1 amide bonds. The summed E-state index contributed by atoms with van der Waals surface area (Å²) in [6, 6.07) is 1.71. The first-order valence-corrected chi connectivity index (χ1v) is 13.4. The van der Waals surface area contributed by atoms with Gasteiger partial charge in [0.05, 0.1) is 28.7 Å². The lowest BCUT2D eigenvalue weighted by molar-refractivity contribution is -0.138. The third kappa shape index (κ3) is 3.50. The topological polar surface area (TPSA) is 81.1 Å². The van der Waals surface area contributed by atoms with Crippen LogP contribution in [0.15, 0.2) is 6.07 Å². The van der Waals surface area contributed by atoms with Gasteiger partial charge in [-0.15, -0.1) is 11.6 Å². The number of carbonyl (C=O) groups is 1. The molecular weight excluding hydrogens is 422 g/mol. The van der Waals surface area contributed by atoms with Gasteiger partial charge in [-0.1, -0.05) is 20.8 Å². The molecule has 5 aliphatic rings. The van der Waals surface area contributed by atoms with Gasteiger partial charge < -0.3 is 5.32 Å². The first kappa shape index (κ1) is 20.8. The normalized spacial score (nSPS) is 39.4. The third-order valence-electron chi connectivity index (χ3n) is 7.77. The lowest BCUT2D eigenvalue weighted by Crippen LogP contribution is -2.57. The molecule has 4 saturated carbocycles. The molecule has 30 heavy (non-hydrogen) atoms. The van der Waals surface area contributed by atoms with Crippen molar-refractivity contribution in [1.82, 2.24) is 9.78 Å². The van der Waals surface area contributed by atoms with E-state index in [1.165, 1.54) is 6.42 Å². The number of halogens is 1. The molecule has 5 fully saturated rings. The average Bonchev–Trinajstić information content (AvgIpc) is 3.15. The van der Waals surface area contributed by atoms with E-state index >= 15 is 0 Å². The number of anilines is 1. The average molecular weight is 454 g/mol. The fraction of sp³-hybridized carbons (Fsp3) is 0.818. The van der Waals surface area contributed by atoms with Crippen molar-refractivity contribution in [3.05, 3.63) is 11.8 Å². The van der Waals surface area contributed by atoms with Crippen molar-refractivity contribution >= 4 is 33.2 Å². The van der Waals surface area contributed by atoms with E-state index in [2.05, 4.69) is 26.1 Å². The van der Waals surface area contributed by atoms with Crippen LogP contribution in [0.2, 0.25) is 0 Å². The molecule has 0 aromatic carbocycles. The first-order valence-electron chi connectivity index (χ1n) is 11.2. The summed E-state index contributed by atoms with van der Waals surface area (Å²) in [6.45, 7) is 6.23. The minimum Gasteiger partial charge on any atom is -0.310 e. The highest BCUT2D eigenvalue weighted by Crippen LogP contribution is 2.64. The molecule has 1 aliphatic heterocycles. The van der Waals surface area contributed by atoms with Gasteiger partial charge in [0.1, 0.15) is 5.82 Å². The van der Waals surface area contributed by atoms with Gasteiger partial charge in [-0.3, -0.25) is 4.79 Å². The maximum Gasteiger partial charge on any atom is 0.231 e. The van der Waals surface area contributed by atoms with Crippen LogP contribution in [0, 0.1) is 17.3 Å². The SMILES string of the molecule is CC(C)(C)c1cc(NC(=O)C23C[C@H]4C[C@@H](CC(Cl)(C4)C2)C3)n([C@H]2CCS(=O)(=O)C2)n1. The zero-order chi connectivity index (χ0) is 21.5. The van der Waals surface area contributed by atoms with Crippen LogP contribution in [0.25, 0.3) is 0 Å². The van der Waals surface area contributed by atoms with Crippen molar-refractivity contribution in [1.29, 1.82) is 0 Å². The molecule has 0 radical (unpaired) electrons. The number of amides is 1. The molecule has 3 atom stereocenters. The molecular formula is C22H32ClN3O3S. The van der Waals surface area contributed by atoms with Crippen molar-refractivity contribution in [2.45, 2.75) is 82.0 Å². The minimum atomic E-state index is -3.05. The molecule has 1 aromatic rings. The Morgan fingerprint density at radius 2 is 1.90 bits per heavy atom. The Kier molecular flexibility index (Phi) is 4.49. The number of hydrogen-bond acceptors (Lipinski definition) is 4. The highest BCUT2D eigenvalue weighted by atomic mass is 35.5. The molecule has 1 saturated heterocycles. The summed E-state index contributed by atoms with van der Waals surface area (Å²) in [5, 5.41) is 7.94. The quantitative estimate of drug-likeness (QED) is 0.700. The van der Waals surface area contributed by atoms with Gasteiger partial charge in [0.25, 0.3) is 0 Å². The number of sulfone groups is 1. The minimum absolute atomic E-state index is 0.0455. The summed E-state index contributed by atoms with van der Waals surface area (Å²) in [7, 11) is -3.05. The Bertz CT molecular complexity index is 980.